The molecule has 1 heterocycles. The van der Waals surface area contributed by atoms with Crippen molar-refractivity contribution in [3.8, 4) is 5.75 Å². The van der Waals surface area contributed by atoms with Crippen LogP contribution in [0.15, 0.2) is 64.0 Å². The van der Waals surface area contributed by atoms with E-state index in [0.29, 0.717) is 4.47 Å². The molecule has 0 bridgehead atoms. The first-order valence-electron chi connectivity index (χ1n) is 8.74. The molecule has 1 aliphatic rings. The minimum Gasteiger partial charge on any atom is -0.502 e. The molecule has 0 saturated carbocycles. The second-order valence-corrected chi connectivity index (χ2v) is 8.43. The molecule has 1 aliphatic heterocycles. The van der Waals surface area contributed by atoms with E-state index in [9.17, 15) is 24.8 Å². The second kappa shape index (κ2) is 7.92. The van der Waals surface area contributed by atoms with Crippen LogP contribution in [0, 0.1) is 10.1 Å². The van der Waals surface area contributed by atoms with Crippen LogP contribution in [0.3, 0.4) is 0 Å². The van der Waals surface area contributed by atoms with Crippen molar-refractivity contribution >= 4 is 61.4 Å². The molecule has 0 spiro atoms. The van der Waals surface area contributed by atoms with Crippen LogP contribution in [-0.2, 0) is 11.3 Å². The highest BCUT2D eigenvalue weighted by atomic mass is 79.9. The zero-order valence-electron chi connectivity index (χ0n) is 15.2. The molecule has 30 heavy (non-hydrogen) atoms. The standard InChI is InChI=1S/C21H13BrN2O5S/c22-15-8-14(19(25)17(10-15)24(28)29)9-18-20(26)23(21(27)30-18)11-13-6-3-5-12-4-1-2-7-16(12)13/h1-10,25H,11H2/b18-9-. The van der Waals surface area contributed by atoms with Crippen LogP contribution in [0.5, 0.6) is 5.75 Å². The summed E-state index contributed by atoms with van der Waals surface area (Å²) in [5.74, 6) is -1.08. The van der Waals surface area contributed by atoms with Crippen LogP contribution in [0.1, 0.15) is 11.1 Å². The number of fused-ring (bicyclic) bond motifs is 1. The van der Waals surface area contributed by atoms with Crippen LogP contribution in [0.2, 0.25) is 0 Å². The Morgan fingerprint density at radius 3 is 2.63 bits per heavy atom. The van der Waals surface area contributed by atoms with Crippen LogP contribution in [-0.4, -0.2) is 26.1 Å². The van der Waals surface area contributed by atoms with Gasteiger partial charge >= 0.3 is 5.69 Å². The van der Waals surface area contributed by atoms with E-state index in [2.05, 4.69) is 15.9 Å². The smallest absolute Gasteiger partial charge is 0.312 e. The lowest BCUT2D eigenvalue weighted by molar-refractivity contribution is -0.385. The molecule has 0 aromatic heterocycles. The number of carbonyl (C=O) groups excluding carboxylic acids is 2. The maximum Gasteiger partial charge on any atom is 0.312 e. The van der Waals surface area contributed by atoms with E-state index in [4.69, 9.17) is 0 Å². The number of nitro benzene ring substituents is 1. The van der Waals surface area contributed by atoms with E-state index in [0.717, 1.165) is 33.0 Å². The van der Waals surface area contributed by atoms with Gasteiger partial charge in [0.15, 0.2) is 0 Å². The molecular weight excluding hydrogens is 472 g/mol. The van der Waals surface area contributed by atoms with Gasteiger partial charge in [-0.05, 0) is 40.2 Å². The van der Waals surface area contributed by atoms with E-state index in [1.807, 2.05) is 42.5 Å². The minimum absolute atomic E-state index is 0.0757. The van der Waals surface area contributed by atoms with Crippen LogP contribution in [0.25, 0.3) is 16.8 Å². The van der Waals surface area contributed by atoms with Gasteiger partial charge in [0.1, 0.15) is 0 Å². The number of amides is 2. The molecule has 3 aromatic rings. The zero-order chi connectivity index (χ0) is 21.4. The molecule has 1 N–H and O–H groups in total. The van der Waals surface area contributed by atoms with E-state index >= 15 is 0 Å². The predicted molar refractivity (Wildman–Crippen MR) is 118 cm³/mol. The first-order chi connectivity index (χ1) is 14.3. The Morgan fingerprint density at radius 2 is 1.87 bits per heavy atom. The van der Waals surface area contributed by atoms with Crippen molar-refractivity contribution in [3.05, 3.63) is 85.2 Å². The number of halogens is 1. The summed E-state index contributed by atoms with van der Waals surface area (Å²) in [5, 5.41) is 22.8. The van der Waals surface area contributed by atoms with Crippen LogP contribution < -0.4 is 0 Å². The van der Waals surface area contributed by atoms with Gasteiger partial charge in [-0.25, -0.2) is 0 Å². The quantitative estimate of drug-likeness (QED) is 0.300. The summed E-state index contributed by atoms with van der Waals surface area (Å²) >= 11 is 3.89. The number of imide groups is 1. The molecule has 1 fully saturated rings. The number of phenolic OH excluding ortho intramolecular Hbond substituents is 1. The number of thioether (sulfide) groups is 1. The lowest BCUT2D eigenvalue weighted by Crippen LogP contribution is -2.27. The van der Waals surface area contributed by atoms with Gasteiger partial charge in [0.2, 0.25) is 5.75 Å². The molecule has 2 amide bonds. The van der Waals surface area contributed by atoms with Gasteiger partial charge in [-0.2, -0.15) is 0 Å². The van der Waals surface area contributed by atoms with Crippen molar-refractivity contribution in [1.82, 2.24) is 4.90 Å². The summed E-state index contributed by atoms with van der Waals surface area (Å²) in [6.45, 7) is 0.105. The number of rotatable bonds is 4. The average molecular weight is 485 g/mol. The third-order valence-electron chi connectivity index (χ3n) is 4.65. The van der Waals surface area contributed by atoms with Crippen molar-refractivity contribution in [3.63, 3.8) is 0 Å². The molecular formula is C21H13BrN2O5S. The Labute approximate surface area is 183 Å². The lowest BCUT2D eigenvalue weighted by atomic mass is 10.0. The number of hydrogen-bond acceptors (Lipinski definition) is 6. The average Bonchev–Trinajstić information content (AvgIpc) is 2.98. The van der Waals surface area contributed by atoms with Gasteiger partial charge in [0, 0.05) is 16.1 Å². The van der Waals surface area contributed by atoms with Crippen molar-refractivity contribution in [2.75, 3.05) is 0 Å². The fourth-order valence-electron chi connectivity index (χ4n) is 3.23. The lowest BCUT2D eigenvalue weighted by Gasteiger charge is -2.14. The largest absolute Gasteiger partial charge is 0.502 e. The van der Waals surface area contributed by atoms with Crippen LogP contribution in [0.4, 0.5) is 10.5 Å². The van der Waals surface area contributed by atoms with Crippen molar-refractivity contribution in [2.24, 2.45) is 0 Å². The molecule has 0 aliphatic carbocycles. The number of aromatic hydroxyl groups is 1. The molecule has 4 rings (SSSR count). The van der Waals surface area contributed by atoms with Gasteiger partial charge in [0.05, 0.1) is 16.4 Å². The summed E-state index contributed by atoms with van der Waals surface area (Å²) < 4.78 is 0.369. The Bertz CT molecular complexity index is 1250. The fourth-order valence-corrected chi connectivity index (χ4v) is 4.53. The molecule has 0 atom stereocenters. The summed E-state index contributed by atoms with van der Waals surface area (Å²) in [7, 11) is 0. The summed E-state index contributed by atoms with van der Waals surface area (Å²) in [6, 6.07) is 16.0. The highest BCUT2D eigenvalue weighted by molar-refractivity contribution is 9.10. The van der Waals surface area contributed by atoms with E-state index in [1.165, 1.54) is 18.2 Å². The number of benzene rings is 3. The van der Waals surface area contributed by atoms with Gasteiger partial charge in [-0.15, -0.1) is 0 Å². The minimum atomic E-state index is -0.719. The van der Waals surface area contributed by atoms with Crippen molar-refractivity contribution < 1.29 is 19.6 Å². The van der Waals surface area contributed by atoms with E-state index < -0.39 is 27.5 Å². The topological polar surface area (TPSA) is 101 Å². The van der Waals surface area contributed by atoms with Crippen molar-refractivity contribution in [1.29, 1.82) is 0 Å². The Balaban J connectivity index is 1.67. The Morgan fingerprint density at radius 1 is 1.13 bits per heavy atom. The number of nitro groups is 1. The molecule has 7 nitrogen and oxygen atoms in total. The summed E-state index contributed by atoms with van der Waals surface area (Å²) in [5.41, 5.74) is 0.412. The van der Waals surface area contributed by atoms with Crippen molar-refractivity contribution in [2.45, 2.75) is 6.54 Å². The summed E-state index contributed by atoms with van der Waals surface area (Å²) in [6.07, 6.45) is 1.29. The Hall–Kier alpha value is -3.17. The molecule has 0 radical (unpaired) electrons. The molecule has 0 unspecified atom stereocenters. The predicted octanol–water partition coefficient (Wildman–Crippen LogP) is 5.45. The third-order valence-corrected chi connectivity index (χ3v) is 6.01. The van der Waals surface area contributed by atoms with Gasteiger partial charge in [-0.3, -0.25) is 24.6 Å². The molecule has 150 valence electrons. The zero-order valence-corrected chi connectivity index (χ0v) is 17.6. The normalized spacial score (nSPS) is 15.4. The second-order valence-electron chi connectivity index (χ2n) is 6.53. The molecule has 9 heteroatoms. The fraction of sp³-hybridized carbons (Fsp3) is 0.0476. The monoisotopic (exact) mass is 484 g/mol. The molecule has 3 aromatic carbocycles. The van der Waals surface area contributed by atoms with Gasteiger partial charge in [0.25, 0.3) is 11.1 Å². The molecule has 1 saturated heterocycles. The van der Waals surface area contributed by atoms with E-state index in [-0.39, 0.29) is 17.0 Å². The number of nitrogens with zero attached hydrogens (tertiary/aromatic N) is 2. The number of carbonyl (C=O) groups is 2. The maximum atomic E-state index is 12.9. The highest BCUT2D eigenvalue weighted by Gasteiger charge is 2.35. The first kappa shape index (κ1) is 20.1. The van der Waals surface area contributed by atoms with E-state index in [1.54, 1.807) is 0 Å². The maximum absolute atomic E-state index is 12.9. The van der Waals surface area contributed by atoms with Crippen LogP contribution >= 0.6 is 27.7 Å². The first-order valence-corrected chi connectivity index (χ1v) is 10.3. The SMILES string of the molecule is O=C1S/C(=C\c2cc(Br)cc([N+](=O)[O-])c2O)C(=O)N1Cc1cccc2ccccc12. The van der Waals surface area contributed by atoms with Gasteiger partial charge in [-0.1, -0.05) is 58.4 Å². The Kier molecular flexibility index (Phi) is 5.31. The number of hydrogen-bond donors (Lipinski definition) is 1. The summed E-state index contributed by atoms with van der Waals surface area (Å²) in [4.78, 5) is 37.0. The number of phenols is 1. The van der Waals surface area contributed by atoms with Gasteiger partial charge < -0.3 is 5.11 Å². The third kappa shape index (κ3) is 3.69. The highest BCUT2D eigenvalue weighted by Crippen LogP contribution is 2.39.